The number of aromatic amines is 1. The number of nitrogens with one attached hydrogen (secondary N) is 2. The Bertz CT molecular complexity index is 1260. The second kappa shape index (κ2) is 12.0. The van der Waals surface area contributed by atoms with Gasteiger partial charge in [0.25, 0.3) is 0 Å². The highest BCUT2D eigenvalue weighted by atomic mass is 35.5. The van der Waals surface area contributed by atoms with Gasteiger partial charge < -0.3 is 15.2 Å². The monoisotopic (exact) mass is 534 g/mol. The molecule has 0 aliphatic carbocycles. The fourth-order valence-electron chi connectivity index (χ4n) is 5.84. The number of Topliss-reactive ketones (excluding diaryl/α,β-unsaturated/α-hetero) is 1. The number of unbranched alkanes of at least 4 members (excludes halogenated alkanes) is 1. The zero-order valence-electron chi connectivity index (χ0n) is 22.5. The Labute approximate surface area is 230 Å². The SMILES string of the molecule is CC(C)N[C@H](CCCCN1Cc2ccccc2C1)C(=O)N1CC[C@H]1C(=O)CCc1ccc2[nH]cc(Cl)c2c1. The van der Waals surface area contributed by atoms with Crippen LogP contribution in [0.3, 0.4) is 0 Å². The zero-order chi connectivity index (χ0) is 26.6. The average Bonchev–Trinajstić information content (AvgIpc) is 3.46. The first-order valence-electron chi connectivity index (χ1n) is 14.0. The van der Waals surface area contributed by atoms with Gasteiger partial charge in [0, 0.05) is 49.2 Å². The van der Waals surface area contributed by atoms with E-state index in [9.17, 15) is 9.59 Å². The molecule has 2 atom stereocenters. The Morgan fingerprint density at radius 1 is 1.11 bits per heavy atom. The normalized spacial score (nSPS) is 18.1. The summed E-state index contributed by atoms with van der Waals surface area (Å²) >= 11 is 6.26. The third-order valence-corrected chi connectivity index (χ3v) is 8.30. The maximum atomic E-state index is 13.5. The van der Waals surface area contributed by atoms with E-state index in [2.05, 4.69) is 59.4 Å². The van der Waals surface area contributed by atoms with Crippen LogP contribution < -0.4 is 5.32 Å². The molecule has 3 aromatic rings. The van der Waals surface area contributed by atoms with Crippen LogP contribution in [-0.2, 0) is 29.1 Å². The van der Waals surface area contributed by atoms with Crippen LogP contribution in [0, 0.1) is 0 Å². The van der Waals surface area contributed by atoms with Crippen molar-refractivity contribution in [3.8, 4) is 0 Å². The van der Waals surface area contributed by atoms with Crippen molar-refractivity contribution < 1.29 is 9.59 Å². The summed E-state index contributed by atoms with van der Waals surface area (Å²) < 4.78 is 0. The topological polar surface area (TPSA) is 68.4 Å². The highest BCUT2D eigenvalue weighted by molar-refractivity contribution is 6.35. The van der Waals surface area contributed by atoms with Gasteiger partial charge in [-0.1, -0.05) is 62.2 Å². The number of carbonyl (C=O) groups excluding carboxylic acids is 2. The molecule has 2 aliphatic heterocycles. The molecule has 1 fully saturated rings. The summed E-state index contributed by atoms with van der Waals surface area (Å²) in [6, 6.07) is 14.4. The summed E-state index contributed by atoms with van der Waals surface area (Å²) in [7, 11) is 0. The van der Waals surface area contributed by atoms with Crippen LogP contribution in [0.2, 0.25) is 5.02 Å². The number of benzene rings is 2. The van der Waals surface area contributed by atoms with E-state index in [0.717, 1.165) is 61.8 Å². The van der Waals surface area contributed by atoms with E-state index >= 15 is 0 Å². The molecule has 2 aromatic carbocycles. The lowest BCUT2D eigenvalue weighted by Crippen LogP contribution is -2.60. The molecule has 1 aromatic heterocycles. The lowest BCUT2D eigenvalue weighted by Gasteiger charge is -2.42. The van der Waals surface area contributed by atoms with E-state index in [4.69, 9.17) is 11.6 Å². The molecule has 1 saturated heterocycles. The van der Waals surface area contributed by atoms with Gasteiger partial charge in [-0.05, 0) is 61.1 Å². The number of hydrogen-bond acceptors (Lipinski definition) is 4. The molecule has 0 radical (unpaired) electrons. The molecule has 7 heteroatoms. The molecule has 0 spiro atoms. The number of nitrogens with zero attached hydrogens (tertiary/aromatic N) is 2. The van der Waals surface area contributed by atoms with Gasteiger partial charge in [-0.15, -0.1) is 0 Å². The van der Waals surface area contributed by atoms with E-state index in [0.29, 0.717) is 24.4 Å². The van der Waals surface area contributed by atoms with Gasteiger partial charge >= 0.3 is 0 Å². The Kier molecular flexibility index (Phi) is 8.51. The number of likely N-dealkylation sites (tertiary alicyclic amines) is 1. The minimum atomic E-state index is -0.290. The van der Waals surface area contributed by atoms with Gasteiger partial charge in [-0.2, -0.15) is 0 Å². The third-order valence-electron chi connectivity index (χ3n) is 7.99. The number of aromatic nitrogens is 1. The van der Waals surface area contributed by atoms with Crippen LogP contribution in [0.15, 0.2) is 48.7 Å². The highest BCUT2D eigenvalue weighted by Gasteiger charge is 2.39. The van der Waals surface area contributed by atoms with Crippen LogP contribution >= 0.6 is 11.6 Å². The first-order chi connectivity index (χ1) is 18.4. The molecule has 0 saturated carbocycles. The second-order valence-corrected chi connectivity index (χ2v) is 11.6. The smallest absolute Gasteiger partial charge is 0.240 e. The van der Waals surface area contributed by atoms with E-state index in [1.54, 1.807) is 6.20 Å². The summed E-state index contributed by atoms with van der Waals surface area (Å²) in [6.07, 6.45) is 6.48. The fourth-order valence-corrected chi connectivity index (χ4v) is 6.05. The van der Waals surface area contributed by atoms with Gasteiger partial charge in [0.1, 0.15) is 0 Å². The Morgan fingerprint density at radius 3 is 2.55 bits per heavy atom. The van der Waals surface area contributed by atoms with E-state index in [-0.39, 0.29) is 29.8 Å². The van der Waals surface area contributed by atoms with Crippen LogP contribution in [-0.4, -0.2) is 57.7 Å². The Balaban J connectivity index is 1.10. The van der Waals surface area contributed by atoms with Crippen molar-refractivity contribution in [1.29, 1.82) is 0 Å². The number of halogens is 1. The Morgan fingerprint density at radius 2 is 1.87 bits per heavy atom. The maximum absolute atomic E-state index is 13.5. The van der Waals surface area contributed by atoms with Crippen LogP contribution in [0.25, 0.3) is 10.9 Å². The van der Waals surface area contributed by atoms with Gasteiger partial charge in [0.2, 0.25) is 5.91 Å². The van der Waals surface area contributed by atoms with Crippen molar-refractivity contribution in [2.75, 3.05) is 13.1 Å². The standard InChI is InChI=1S/C31H39ClN4O2/c1-21(2)34-28(9-5-6-15-35-19-23-7-3-4-8-24(23)20-35)31(38)36-16-14-29(36)30(37)13-11-22-10-12-27-25(17-22)26(32)18-33-27/h3-4,7-8,10,12,17-18,21,28-29,33-34H,5-6,9,11,13-16,19-20H2,1-2H3/t28-,29+/m1/s1. The minimum Gasteiger partial charge on any atom is -0.360 e. The minimum absolute atomic E-state index is 0.0809. The number of rotatable bonds is 12. The summed E-state index contributed by atoms with van der Waals surface area (Å²) in [5.41, 5.74) is 4.95. The average molecular weight is 535 g/mol. The molecule has 0 bridgehead atoms. The summed E-state index contributed by atoms with van der Waals surface area (Å²) in [4.78, 5) is 34.0. The predicted octanol–water partition coefficient (Wildman–Crippen LogP) is 5.48. The van der Waals surface area contributed by atoms with Crippen molar-refractivity contribution in [2.45, 2.75) is 83.6 Å². The van der Waals surface area contributed by atoms with Crippen LogP contribution in [0.5, 0.6) is 0 Å². The van der Waals surface area contributed by atoms with E-state index in [1.807, 2.05) is 17.0 Å². The number of hydrogen-bond donors (Lipinski definition) is 2. The molecule has 6 nitrogen and oxygen atoms in total. The molecular weight excluding hydrogens is 496 g/mol. The molecule has 38 heavy (non-hydrogen) atoms. The quantitative estimate of drug-likeness (QED) is 0.302. The molecule has 5 rings (SSSR count). The van der Waals surface area contributed by atoms with Crippen molar-refractivity contribution >= 4 is 34.2 Å². The van der Waals surface area contributed by atoms with Gasteiger partial charge in [-0.3, -0.25) is 14.5 Å². The molecule has 0 unspecified atom stereocenters. The molecular formula is C31H39ClN4O2. The first-order valence-corrected chi connectivity index (χ1v) is 14.4. The number of amides is 1. The number of aryl methyl sites for hydroxylation is 1. The lowest BCUT2D eigenvalue weighted by molar-refractivity contribution is -0.148. The van der Waals surface area contributed by atoms with Crippen LogP contribution in [0.4, 0.5) is 0 Å². The summed E-state index contributed by atoms with van der Waals surface area (Å²) in [5, 5.41) is 5.15. The molecule has 202 valence electrons. The summed E-state index contributed by atoms with van der Waals surface area (Å²) in [5.74, 6) is 0.235. The van der Waals surface area contributed by atoms with Crippen molar-refractivity contribution in [1.82, 2.24) is 20.1 Å². The third kappa shape index (κ3) is 6.14. The largest absolute Gasteiger partial charge is 0.360 e. The molecule has 2 N–H and O–H groups in total. The predicted molar refractivity (Wildman–Crippen MR) is 153 cm³/mol. The van der Waals surface area contributed by atoms with Crippen LogP contribution in [0.1, 0.15) is 62.6 Å². The number of fused-ring (bicyclic) bond motifs is 2. The van der Waals surface area contributed by atoms with Crippen molar-refractivity contribution in [3.05, 3.63) is 70.4 Å². The second-order valence-electron chi connectivity index (χ2n) is 11.2. The molecule has 2 aliphatic rings. The fraction of sp³-hybridized carbons (Fsp3) is 0.484. The molecule has 1 amide bonds. The van der Waals surface area contributed by atoms with Gasteiger partial charge in [0.15, 0.2) is 5.78 Å². The Hall–Kier alpha value is -2.67. The van der Waals surface area contributed by atoms with E-state index < -0.39 is 0 Å². The molecule has 3 heterocycles. The number of ketones is 1. The van der Waals surface area contributed by atoms with Gasteiger partial charge in [0.05, 0.1) is 17.1 Å². The highest BCUT2D eigenvalue weighted by Crippen LogP contribution is 2.27. The van der Waals surface area contributed by atoms with Crippen molar-refractivity contribution in [3.63, 3.8) is 0 Å². The maximum Gasteiger partial charge on any atom is 0.240 e. The number of carbonyl (C=O) groups is 2. The van der Waals surface area contributed by atoms with E-state index in [1.165, 1.54) is 11.1 Å². The van der Waals surface area contributed by atoms with Crippen molar-refractivity contribution in [2.24, 2.45) is 0 Å². The zero-order valence-corrected chi connectivity index (χ0v) is 23.3. The number of H-pyrrole nitrogens is 1. The first kappa shape index (κ1) is 26.9. The lowest BCUT2D eigenvalue weighted by atomic mass is 9.92. The summed E-state index contributed by atoms with van der Waals surface area (Å²) in [6.45, 7) is 7.91. The van der Waals surface area contributed by atoms with Gasteiger partial charge in [-0.25, -0.2) is 0 Å².